The van der Waals surface area contributed by atoms with E-state index in [1.165, 1.54) is 12.3 Å². The second-order valence-electron chi connectivity index (χ2n) is 5.62. The molecule has 6 heteroatoms. The number of nitro groups is 1. The number of hydrogen-bond donors (Lipinski definition) is 0. The lowest BCUT2D eigenvalue weighted by Gasteiger charge is -2.32. The van der Waals surface area contributed by atoms with Crippen LogP contribution in [0.15, 0.2) is 48.7 Å². The number of Topliss-reactive ketones (excluding diaryl/α,β-unsaturated/α-hetero) is 1. The Hall–Kier alpha value is -2.76. The summed E-state index contributed by atoms with van der Waals surface area (Å²) < 4.78 is 0. The van der Waals surface area contributed by atoms with Crippen molar-refractivity contribution in [2.75, 3.05) is 18.0 Å². The Bertz CT molecular complexity index is 693. The number of piperidine rings is 1. The van der Waals surface area contributed by atoms with E-state index in [2.05, 4.69) is 9.88 Å². The smallest absolute Gasteiger partial charge is 0.287 e. The predicted molar refractivity (Wildman–Crippen MR) is 86.6 cm³/mol. The predicted octanol–water partition coefficient (Wildman–Crippen LogP) is 3.09. The minimum absolute atomic E-state index is 0.0112. The minimum atomic E-state index is -0.457. The van der Waals surface area contributed by atoms with Crippen LogP contribution in [0.2, 0.25) is 0 Å². The summed E-state index contributed by atoms with van der Waals surface area (Å²) in [5, 5.41) is 10.7. The van der Waals surface area contributed by atoms with Crippen LogP contribution >= 0.6 is 0 Å². The Kier molecular flexibility index (Phi) is 4.32. The summed E-state index contributed by atoms with van der Waals surface area (Å²) in [6.07, 6.45) is 2.81. The third kappa shape index (κ3) is 3.36. The number of benzene rings is 1. The van der Waals surface area contributed by atoms with Crippen LogP contribution in [0, 0.1) is 16.0 Å². The fraction of sp³-hybridized carbons (Fsp3) is 0.294. The summed E-state index contributed by atoms with van der Waals surface area (Å²) in [7, 11) is 0. The fourth-order valence-electron chi connectivity index (χ4n) is 2.88. The van der Waals surface area contributed by atoms with E-state index in [-0.39, 0.29) is 17.4 Å². The molecule has 1 aliphatic rings. The molecule has 0 N–H and O–H groups in total. The molecule has 2 heterocycles. The van der Waals surface area contributed by atoms with Crippen LogP contribution in [0.25, 0.3) is 0 Å². The molecule has 23 heavy (non-hydrogen) atoms. The van der Waals surface area contributed by atoms with Gasteiger partial charge < -0.3 is 4.90 Å². The van der Waals surface area contributed by atoms with Crippen molar-refractivity contribution in [3.05, 3.63) is 64.3 Å². The maximum absolute atomic E-state index is 12.5. The van der Waals surface area contributed by atoms with Gasteiger partial charge in [0.15, 0.2) is 5.78 Å². The zero-order valence-electron chi connectivity index (χ0n) is 12.6. The van der Waals surface area contributed by atoms with Crippen molar-refractivity contribution < 1.29 is 9.72 Å². The van der Waals surface area contributed by atoms with Crippen LogP contribution in [0.4, 0.5) is 11.5 Å². The lowest BCUT2D eigenvalue weighted by molar-refractivity contribution is -0.385. The number of aromatic nitrogens is 1. The largest absolute Gasteiger partial charge is 0.357 e. The molecule has 6 nitrogen and oxygen atoms in total. The molecule has 0 amide bonds. The SMILES string of the molecule is O=C(c1ccccc1)C1CCN(c2ccc([N+](=O)[O-])cn2)CC1. The molecular weight excluding hydrogens is 294 g/mol. The minimum Gasteiger partial charge on any atom is -0.357 e. The Morgan fingerprint density at radius 1 is 1.13 bits per heavy atom. The molecule has 1 saturated heterocycles. The standard InChI is InChI=1S/C17H17N3O3/c21-17(13-4-2-1-3-5-13)14-8-10-19(11-9-14)16-7-6-15(12-18-16)20(22)23/h1-7,12,14H,8-11H2. The summed E-state index contributed by atoms with van der Waals surface area (Å²) in [5.74, 6) is 0.954. The third-order valence-electron chi connectivity index (χ3n) is 4.19. The average Bonchev–Trinajstić information content (AvgIpc) is 2.62. The molecule has 0 spiro atoms. The molecule has 118 valence electrons. The lowest BCUT2D eigenvalue weighted by atomic mass is 9.89. The number of carbonyl (C=O) groups is 1. The highest BCUT2D eigenvalue weighted by molar-refractivity contribution is 5.97. The van der Waals surface area contributed by atoms with Gasteiger partial charge in [0.25, 0.3) is 5.69 Å². The van der Waals surface area contributed by atoms with Crippen LogP contribution in [0.1, 0.15) is 23.2 Å². The van der Waals surface area contributed by atoms with Gasteiger partial charge in [0.1, 0.15) is 12.0 Å². The van der Waals surface area contributed by atoms with Gasteiger partial charge in [0.2, 0.25) is 0 Å². The first-order valence-corrected chi connectivity index (χ1v) is 7.60. The van der Waals surface area contributed by atoms with Gasteiger partial charge in [-0.2, -0.15) is 0 Å². The number of pyridine rings is 1. The molecule has 0 saturated carbocycles. The molecule has 3 rings (SSSR count). The summed E-state index contributed by atoms with van der Waals surface area (Å²) in [4.78, 5) is 28.9. The van der Waals surface area contributed by atoms with Gasteiger partial charge in [-0.05, 0) is 18.9 Å². The zero-order chi connectivity index (χ0) is 16.2. The molecule has 2 aromatic rings. The second-order valence-corrected chi connectivity index (χ2v) is 5.62. The molecule has 0 unspecified atom stereocenters. The van der Waals surface area contributed by atoms with E-state index in [9.17, 15) is 14.9 Å². The van der Waals surface area contributed by atoms with Gasteiger partial charge in [0, 0.05) is 30.6 Å². The fourth-order valence-corrected chi connectivity index (χ4v) is 2.88. The number of hydrogen-bond acceptors (Lipinski definition) is 5. The first kappa shape index (κ1) is 15.1. The van der Waals surface area contributed by atoms with E-state index < -0.39 is 4.92 Å². The van der Waals surface area contributed by atoms with Crippen molar-refractivity contribution in [3.8, 4) is 0 Å². The topological polar surface area (TPSA) is 76.3 Å². The van der Waals surface area contributed by atoms with Crippen LogP contribution in [0.3, 0.4) is 0 Å². The van der Waals surface area contributed by atoms with Gasteiger partial charge in [-0.3, -0.25) is 14.9 Å². The summed E-state index contributed by atoms with van der Waals surface area (Å²) in [6.45, 7) is 1.46. The maximum atomic E-state index is 12.5. The number of ketones is 1. The lowest BCUT2D eigenvalue weighted by Crippen LogP contribution is -2.36. The molecule has 1 aromatic heterocycles. The molecule has 1 aliphatic heterocycles. The molecular formula is C17H17N3O3. The molecule has 0 bridgehead atoms. The van der Waals surface area contributed by atoms with E-state index >= 15 is 0 Å². The van der Waals surface area contributed by atoms with Crippen molar-refractivity contribution in [3.63, 3.8) is 0 Å². The van der Waals surface area contributed by atoms with Gasteiger partial charge in [-0.1, -0.05) is 30.3 Å². The molecule has 0 atom stereocenters. The third-order valence-corrected chi connectivity index (χ3v) is 4.19. The van der Waals surface area contributed by atoms with Crippen molar-refractivity contribution >= 4 is 17.3 Å². The van der Waals surface area contributed by atoms with Crippen molar-refractivity contribution in [1.82, 2.24) is 4.98 Å². The average molecular weight is 311 g/mol. The van der Waals surface area contributed by atoms with Gasteiger partial charge in [-0.15, -0.1) is 0 Å². The Morgan fingerprint density at radius 2 is 1.83 bits per heavy atom. The van der Waals surface area contributed by atoms with E-state index in [4.69, 9.17) is 0 Å². The van der Waals surface area contributed by atoms with Crippen LogP contribution in [-0.2, 0) is 0 Å². The van der Waals surface area contributed by atoms with Gasteiger partial charge in [-0.25, -0.2) is 4.98 Å². The summed E-state index contributed by atoms with van der Waals surface area (Å²) in [5.41, 5.74) is 0.752. The summed E-state index contributed by atoms with van der Waals surface area (Å²) >= 11 is 0. The second kappa shape index (κ2) is 6.56. The monoisotopic (exact) mass is 311 g/mol. The molecule has 0 aliphatic carbocycles. The quantitative estimate of drug-likeness (QED) is 0.492. The highest BCUT2D eigenvalue weighted by Crippen LogP contribution is 2.25. The normalized spacial score (nSPS) is 15.4. The molecule has 0 radical (unpaired) electrons. The van der Waals surface area contributed by atoms with Crippen molar-refractivity contribution in [2.45, 2.75) is 12.8 Å². The zero-order valence-corrected chi connectivity index (χ0v) is 12.6. The molecule has 1 aromatic carbocycles. The van der Waals surface area contributed by atoms with E-state index in [1.54, 1.807) is 6.07 Å². The van der Waals surface area contributed by atoms with E-state index in [0.29, 0.717) is 0 Å². The molecule has 1 fully saturated rings. The first-order chi connectivity index (χ1) is 11.1. The Morgan fingerprint density at radius 3 is 2.39 bits per heavy atom. The number of rotatable bonds is 4. The van der Waals surface area contributed by atoms with Crippen LogP contribution < -0.4 is 4.90 Å². The summed E-state index contributed by atoms with van der Waals surface area (Å²) in [6, 6.07) is 12.5. The Balaban J connectivity index is 1.62. The van der Waals surface area contributed by atoms with Crippen molar-refractivity contribution in [2.24, 2.45) is 5.92 Å². The number of nitrogens with zero attached hydrogens (tertiary/aromatic N) is 3. The number of anilines is 1. The van der Waals surface area contributed by atoms with Crippen molar-refractivity contribution in [1.29, 1.82) is 0 Å². The maximum Gasteiger partial charge on any atom is 0.287 e. The van der Waals surface area contributed by atoms with E-state index in [1.807, 2.05) is 30.3 Å². The van der Waals surface area contributed by atoms with Gasteiger partial charge >= 0.3 is 0 Å². The van der Waals surface area contributed by atoms with E-state index in [0.717, 1.165) is 37.3 Å². The highest BCUT2D eigenvalue weighted by atomic mass is 16.6. The Labute approximate surface area is 133 Å². The van der Waals surface area contributed by atoms with Crippen LogP contribution in [-0.4, -0.2) is 28.8 Å². The highest BCUT2D eigenvalue weighted by Gasteiger charge is 2.26. The van der Waals surface area contributed by atoms with Crippen LogP contribution in [0.5, 0.6) is 0 Å². The number of carbonyl (C=O) groups excluding carboxylic acids is 1. The first-order valence-electron chi connectivity index (χ1n) is 7.60. The van der Waals surface area contributed by atoms with Gasteiger partial charge in [0.05, 0.1) is 4.92 Å².